The number of likely N-dealkylation sites (N-methyl/N-ethyl adjacent to an activating group) is 1. The van der Waals surface area contributed by atoms with Crippen LogP contribution in [0.15, 0.2) is 46.9 Å². The number of nitrogens with zero attached hydrogens (tertiary/aromatic N) is 1. The largest absolute Gasteiger partial charge is 0.492 e. The van der Waals surface area contributed by atoms with Gasteiger partial charge in [0.25, 0.3) is 0 Å². The predicted octanol–water partition coefficient (Wildman–Crippen LogP) is 3.52. The van der Waals surface area contributed by atoms with Gasteiger partial charge in [-0.15, -0.1) is 0 Å². The summed E-state index contributed by atoms with van der Waals surface area (Å²) in [6.45, 7) is 4.60. The molecule has 0 bridgehead atoms. The number of hydrogen-bond donors (Lipinski definition) is 0. The Hall–Kier alpha value is -1.86. The second-order valence-electron chi connectivity index (χ2n) is 6.65. The number of carbonyl (C=O) groups is 1. The molecule has 2 rings (SSSR count). The number of rotatable bonds is 8. The Kier molecular flexibility index (Phi) is 7.44. The third kappa shape index (κ3) is 7.34. The highest BCUT2D eigenvalue weighted by atomic mass is 79.9. The van der Waals surface area contributed by atoms with Crippen LogP contribution in [-0.2, 0) is 20.4 Å². The standard InChI is InChI=1S/C20H24BrNO4S/c1-15-9-16(2)11-19(10-15)26-8-7-22(3)20(23)14-27(24,25)13-17-5-4-6-18(21)12-17/h4-6,9-12H,7-8,13-14H2,1-3H3. The molecule has 0 unspecified atom stereocenters. The van der Waals surface area contributed by atoms with E-state index in [9.17, 15) is 13.2 Å². The van der Waals surface area contributed by atoms with Crippen LogP contribution < -0.4 is 4.74 Å². The second-order valence-corrected chi connectivity index (χ2v) is 9.63. The van der Waals surface area contributed by atoms with Crippen LogP contribution in [0.5, 0.6) is 5.75 Å². The van der Waals surface area contributed by atoms with Crippen molar-refractivity contribution in [2.75, 3.05) is 26.0 Å². The molecular weight excluding hydrogens is 430 g/mol. The lowest BCUT2D eigenvalue weighted by atomic mass is 10.1. The summed E-state index contributed by atoms with van der Waals surface area (Å²) < 4.78 is 31.1. The van der Waals surface area contributed by atoms with E-state index in [0.717, 1.165) is 21.3 Å². The summed E-state index contributed by atoms with van der Waals surface area (Å²) in [5, 5.41) is 0. The van der Waals surface area contributed by atoms with Crippen molar-refractivity contribution < 1.29 is 17.9 Å². The molecule has 0 aliphatic carbocycles. The Balaban J connectivity index is 1.85. The molecule has 0 saturated heterocycles. The normalized spacial score (nSPS) is 11.3. The number of hydrogen-bond acceptors (Lipinski definition) is 4. The lowest BCUT2D eigenvalue weighted by Crippen LogP contribution is -2.35. The van der Waals surface area contributed by atoms with Gasteiger partial charge < -0.3 is 9.64 Å². The van der Waals surface area contributed by atoms with Gasteiger partial charge in [0, 0.05) is 11.5 Å². The molecule has 0 spiro atoms. The van der Waals surface area contributed by atoms with Crippen molar-refractivity contribution >= 4 is 31.7 Å². The Bertz CT molecular complexity index is 892. The van der Waals surface area contributed by atoms with E-state index in [1.54, 1.807) is 25.2 Å². The quantitative estimate of drug-likeness (QED) is 0.613. The third-order valence-corrected chi connectivity index (χ3v) is 5.89. The third-order valence-electron chi connectivity index (χ3n) is 3.94. The van der Waals surface area contributed by atoms with Gasteiger partial charge in [-0.3, -0.25) is 4.79 Å². The number of carbonyl (C=O) groups excluding carboxylic acids is 1. The van der Waals surface area contributed by atoms with Gasteiger partial charge in [-0.1, -0.05) is 34.1 Å². The first kappa shape index (κ1) is 21.4. The summed E-state index contributed by atoms with van der Waals surface area (Å²) in [7, 11) is -1.95. The Labute approximate surface area is 169 Å². The first-order valence-electron chi connectivity index (χ1n) is 8.54. The van der Waals surface area contributed by atoms with Crippen molar-refractivity contribution in [1.29, 1.82) is 0 Å². The maximum absolute atomic E-state index is 12.3. The number of benzene rings is 2. The van der Waals surface area contributed by atoms with Gasteiger partial charge in [-0.2, -0.15) is 0 Å². The molecular formula is C20H24BrNO4S. The fourth-order valence-corrected chi connectivity index (χ4v) is 4.50. The van der Waals surface area contributed by atoms with Crippen molar-refractivity contribution in [2.45, 2.75) is 19.6 Å². The van der Waals surface area contributed by atoms with Crippen LogP contribution in [0.25, 0.3) is 0 Å². The van der Waals surface area contributed by atoms with Crippen molar-refractivity contribution in [3.63, 3.8) is 0 Å². The van der Waals surface area contributed by atoms with Gasteiger partial charge in [0.1, 0.15) is 18.1 Å². The predicted molar refractivity (Wildman–Crippen MR) is 111 cm³/mol. The van der Waals surface area contributed by atoms with Crippen molar-refractivity contribution in [3.05, 3.63) is 63.6 Å². The van der Waals surface area contributed by atoms with Gasteiger partial charge in [0.15, 0.2) is 9.84 Å². The number of aryl methyl sites for hydroxylation is 2. The molecule has 5 nitrogen and oxygen atoms in total. The van der Waals surface area contributed by atoms with E-state index in [2.05, 4.69) is 22.0 Å². The Morgan fingerprint density at radius 2 is 1.78 bits per heavy atom. The van der Waals surface area contributed by atoms with Crippen LogP contribution in [0.3, 0.4) is 0 Å². The van der Waals surface area contributed by atoms with Gasteiger partial charge >= 0.3 is 0 Å². The Morgan fingerprint density at radius 1 is 1.11 bits per heavy atom. The highest BCUT2D eigenvalue weighted by Gasteiger charge is 2.20. The molecule has 2 aromatic carbocycles. The summed E-state index contributed by atoms with van der Waals surface area (Å²) >= 11 is 3.32. The lowest BCUT2D eigenvalue weighted by Gasteiger charge is -2.18. The fraction of sp³-hybridized carbons (Fsp3) is 0.350. The molecule has 0 atom stereocenters. The highest BCUT2D eigenvalue weighted by molar-refractivity contribution is 9.10. The molecule has 0 saturated carbocycles. The fourth-order valence-electron chi connectivity index (χ4n) is 2.67. The van der Waals surface area contributed by atoms with Gasteiger partial charge in [-0.05, 0) is 54.8 Å². The second kappa shape index (κ2) is 9.37. The zero-order chi connectivity index (χ0) is 20.0. The minimum Gasteiger partial charge on any atom is -0.492 e. The highest BCUT2D eigenvalue weighted by Crippen LogP contribution is 2.16. The van der Waals surface area contributed by atoms with Crippen molar-refractivity contribution in [2.24, 2.45) is 0 Å². The van der Waals surface area contributed by atoms with Crippen LogP contribution >= 0.6 is 15.9 Å². The van der Waals surface area contributed by atoms with Gasteiger partial charge in [0.05, 0.1) is 12.3 Å². The first-order valence-corrected chi connectivity index (χ1v) is 11.2. The van der Waals surface area contributed by atoms with Gasteiger partial charge in [0.2, 0.25) is 5.91 Å². The van der Waals surface area contributed by atoms with E-state index >= 15 is 0 Å². The number of sulfone groups is 1. The molecule has 0 aromatic heterocycles. The van der Waals surface area contributed by atoms with E-state index in [-0.39, 0.29) is 5.75 Å². The zero-order valence-electron chi connectivity index (χ0n) is 15.7. The van der Waals surface area contributed by atoms with Crippen LogP contribution in [0.4, 0.5) is 0 Å². The molecule has 7 heteroatoms. The van der Waals surface area contributed by atoms with Crippen molar-refractivity contribution in [1.82, 2.24) is 4.90 Å². The summed E-state index contributed by atoms with van der Waals surface area (Å²) in [5.41, 5.74) is 2.86. The molecule has 0 fully saturated rings. The lowest BCUT2D eigenvalue weighted by molar-refractivity contribution is -0.127. The minimum absolute atomic E-state index is 0.162. The van der Waals surface area contributed by atoms with Gasteiger partial charge in [-0.25, -0.2) is 8.42 Å². The number of halogens is 1. The molecule has 2 aromatic rings. The molecule has 146 valence electrons. The van der Waals surface area contributed by atoms with Crippen molar-refractivity contribution in [3.8, 4) is 5.75 Å². The van der Waals surface area contributed by atoms with E-state index < -0.39 is 21.5 Å². The summed E-state index contributed by atoms with van der Waals surface area (Å²) in [6.07, 6.45) is 0. The molecule has 0 radical (unpaired) electrons. The van der Waals surface area contributed by atoms with Crippen LogP contribution in [-0.4, -0.2) is 45.2 Å². The van der Waals surface area contributed by atoms with Crippen LogP contribution in [0.1, 0.15) is 16.7 Å². The maximum atomic E-state index is 12.3. The monoisotopic (exact) mass is 453 g/mol. The number of ether oxygens (including phenoxy) is 1. The average molecular weight is 454 g/mol. The van der Waals surface area contributed by atoms with E-state index in [0.29, 0.717) is 18.7 Å². The van der Waals surface area contributed by atoms with E-state index in [1.165, 1.54) is 4.90 Å². The maximum Gasteiger partial charge on any atom is 0.237 e. The first-order chi connectivity index (χ1) is 12.6. The van der Waals surface area contributed by atoms with E-state index in [1.807, 2.05) is 32.0 Å². The van der Waals surface area contributed by atoms with E-state index in [4.69, 9.17) is 4.74 Å². The summed E-state index contributed by atoms with van der Waals surface area (Å²) in [6, 6.07) is 13.0. The van der Waals surface area contributed by atoms with Crippen LogP contribution in [0.2, 0.25) is 0 Å². The zero-order valence-corrected chi connectivity index (χ0v) is 18.1. The molecule has 27 heavy (non-hydrogen) atoms. The molecule has 0 heterocycles. The Morgan fingerprint density at radius 3 is 2.41 bits per heavy atom. The summed E-state index contributed by atoms with van der Waals surface area (Å²) in [4.78, 5) is 13.6. The molecule has 1 amide bonds. The topological polar surface area (TPSA) is 63.7 Å². The summed E-state index contributed by atoms with van der Waals surface area (Å²) in [5.74, 6) is -0.366. The minimum atomic E-state index is -3.54. The van der Waals surface area contributed by atoms with Crippen LogP contribution in [0, 0.1) is 13.8 Å². The smallest absolute Gasteiger partial charge is 0.237 e. The molecule has 0 aliphatic heterocycles. The molecule has 0 aliphatic rings. The molecule has 0 N–H and O–H groups in total. The average Bonchev–Trinajstić information content (AvgIpc) is 2.52. The SMILES string of the molecule is Cc1cc(C)cc(OCCN(C)C(=O)CS(=O)(=O)Cc2cccc(Br)c2)c1. The number of amides is 1.